The quantitative estimate of drug-likeness (QED) is 0.676. The van der Waals surface area contributed by atoms with Crippen molar-refractivity contribution in [3.05, 3.63) is 28.2 Å². The van der Waals surface area contributed by atoms with Crippen molar-refractivity contribution in [2.45, 2.75) is 49.2 Å². The first-order chi connectivity index (χ1) is 12.7. The summed E-state index contributed by atoms with van der Waals surface area (Å²) in [6.45, 7) is 0.507. The predicted molar refractivity (Wildman–Crippen MR) is 101 cm³/mol. The third-order valence-corrected chi connectivity index (χ3v) is 6.25. The van der Waals surface area contributed by atoms with Crippen molar-refractivity contribution < 1.29 is 9.59 Å². The fourth-order valence-electron chi connectivity index (χ4n) is 2.77. The summed E-state index contributed by atoms with van der Waals surface area (Å²) in [5.74, 6) is 1.46. The van der Waals surface area contributed by atoms with E-state index in [0.29, 0.717) is 18.5 Å². The number of hydrogen-bond acceptors (Lipinski definition) is 6. The molecule has 138 valence electrons. The first-order valence-corrected chi connectivity index (χ1v) is 10.7. The second-order valence-corrected chi connectivity index (χ2v) is 8.61. The smallest absolute Gasteiger partial charge is 0.321 e. The lowest BCUT2D eigenvalue weighted by atomic mass is 10.3. The Kier molecular flexibility index (Phi) is 5.26. The number of urea groups is 1. The van der Waals surface area contributed by atoms with Crippen LogP contribution in [0.2, 0.25) is 0 Å². The minimum absolute atomic E-state index is 0.161. The third-order valence-electron chi connectivity index (χ3n) is 4.37. The summed E-state index contributed by atoms with van der Waals surface area (Å²) in [6.07, 6.45) is 5.44. The van der Waals surface area contributed by atoms with Gasteiger partial charge in [0.25, 0.3) is 0 Å². The molecule has 0 saturated heterocycles. The van der Waals surface area contributed by atoms with Crippen LogP contribution in [-0.4, -0.2) is 39.0 Å². The van der Waals surface area contributed by atoms with Gasteiger partial charge in [0.1, 0.15) is 5.82 Å². The largest absolute Gasteiger partial charge is 0.337 e. The summed E-state index contributed by atoms with van der Waals surface area (Å²) in [7, 11) is 0. The summed E-state index contributed by atoms with van der Waals surface area (Å²) in [6, 6.07) is 4.05. The van der Waals surface area contributed by atoms with E-state index in [1.807, 2.05) is 17.5 Å². The Hall–Kier alpha value is -1.87. The average molecular weight is 392 g/mol. The van der Waals surface area contributed by atoms with E-state index in [1.165, 1.54) is 29.5 Å². The van der Waals surface area contributed by atoms with Crippen molar-refractivity contribution in [3.8, 4) is 0 Å². The molecule has 2 aliphatic carbocycles. The molecule has 7 nitrogen and oxygen atoms in total. The first kappa shape index (κ1) is 17.5. The molecule has 0 unspecified atom stereocenters. The zero-order valence-electron chi connectivity index (χ0n) is 14.3. The summed E-state index contributed by atoms with van der Waals surface area (Å²) in [5.41, 5.74) is 0. The highest BCUT2D eigenvalue weighted by atomic mass is 32.2. The van der Waals surface area contributed by atoms with Gasteiger partial charge < -0.3 is 9.88 Å². The molecule has 2 fully saturated rings. The molecule has 2 aromatic heterocycles. The lowest BCUT2D eigenvalue weighted by molar-refractivity contribution is -0.117. The molecule has 4 rings (SSSR count). The van der Waals surface area contributed by atoms with Gasteiger partial charge in [0.2, 0.25) is 5.91 Å². The number of aromatic nitrogens is 3. The van der Waals surface area contributed by atoms with Gasteiger partial charge in [-0.15, -0.1) is 21.5 Å². The Bertz CT molecular complexity index is 781. The van der Waals surface area contributed by atoms with Crippen LogP contribution in [-0.2, 0) is 11.2 Å². The molecular weight excluding hydrogens is 370 g/mol. The minimum atomic E-state index is -0.450. The Morgan fingerprint density at radius 2 is 2.12 bits per heavy atom. The van der Waals surface area contributed by atoms with Gasteiger partial charge in [0, 0.05) is 23.4 Å². The molecule has 2 N–H and O–H groups in total. The maximum Gasteiger partial charge on any atom is 0.321 e. The van der Waals surface area contributed by atoms with E-state index >= 15 is 0 Å². The van der Waals surface area contributed by atoms with Crippen LogP contribution in [0, 0.1) is 0 Å². The molecule has 0 radical (unpaired) electrons. The Morgan fingerprint density at radius 1 is 1.27 bits per heavy atom. The highest BCUT2D eigenvalue weighted by Gasteiger charge is 2.36. The summed E-state index contributed by atoms with van der Waals surface area (Å²) in [4.78, 5) is 25.0. The molecule has 2 saturated carbocycles. The molecule has 0 spiro atoms. The van der Waals surface area contributed by atoms with Gasteiger partial charge in [0.15, 0.2) is 5.16 Å². The van der Waals surface area contributed by atoms with E-state index in [1.54, 1.807) is 11.3 Å². The number of carbonyl (C=O) groups is 2. The molecular formula is C17H21N5O2S2. The van der Waals surface area contributed by atoms with Crippen molar-refractivity contribution in [2.75, 3.05) is 12.3 Å². The van der Waals surface area contributed by atoms with Gasteiger partial charge in [-0.3, -0.25) is 10.1 Å². The number of nitrogens with zero attached hydrogens (tertiary/aromatic N) is 3. The maximum atomic E-state index is 12.0. The van der Waals surface area contributed by atoms with Crippen LogP contribution in [0.1, 0.15) is 48.3 Å². The van der Waals surface area contributed by atoms with Crippen LogP contribution in [0.4, 0.5) is 4.79 Å². The second kappa shape index (κ2) is 7.79. The number of rotatable bonds is 8. The topological polar surface area (TPSA) is 88.9 Å². The monoisotopic (exact) mass is 391 g/mol. The number of hydrogen-bond donors (Lipinski definition) is 2. The molecule has 9 heteroatoms. The van der Waals surface area contributed by atoms with Crippen molar-refractivity contribution in [3.63, 3.8) is 0 Å². The standard InChI is InChI=1S/C17H21N5O2S2/c23-14(19-16(24)18-8-7-13-2-1-9-25-13)10-26-17-21-20-15(11-3-4-11)22(17)12-5-6-12/h1-2,9,11-12H,3-8,10H2,(H2,18,19,23,24). The van der Waals surface area contributed by atoms with E-state index in [9.17, 15) is 9.59 Å². The Morgan fingerprint density at radius 3 is 2.81 bits per heavy atom. The Balaban J connectivity index is 1.22. The van der Waals surface area contributed by atoms with Crippen molar-refractivity contribution in [2.24, 2.45) is 0 Å². The van der Waals surface area contributed by atoms with Crippen LogP contribution in [0.25, 0.3) is 0 Å². The highest BCUT2D eigenvalue weighted by molar-refractivity contribution is 7.99. The van der Waals surface area contributed by atoms with E-state index in [0.717, 1.165) is 30.2 Å². The lowest BCUT2D eigenvalue weighted by Crippen LogP contribution is -2.41. The van der Waals surface area contributed by atoms with Crippen LogP contribution in [0.15, 0.2) is 22.7 Å². The number of imide groups is 1. The van der Waals surface area contributed by atoms with Gasteiger partial charge >= 0.3 is 6.03 Å². The second-order valence-electron chi connectivity index (χ2n) is 6.64. The number of amides is 3. The number of thiophene rings is 1. The van der Waals surface area contributed by atoms with Crippen molar-refractivity contribution in [1.29, 1.82) is 0 Å². The van der Waals surface area contributed by atoms with Crippen molar-refractivity contribution >= 4 is 35.0 Å². The molecule has 0 bridgehead atoms. The average Bonchev–Trinajstić information content (AvgIpc) is 3.55. The SMILES string of the molecule is O=C(CSc1nnc(C2CC2)n1C1CC1)NC(=O)NCCc1cccs1. The van der Waals surface area contributed by atoms with E-state index in [-0.39, 0.29) is 11.7 Å². The highest BCUT2D eigenvalue weighted by Crippen LogP contribution is 2.45. The van der Waals surface area contributed by atoms with Gasteiger partial charge in [0.05, 0.1) is 5.75 Å². The van der Waals surface area contributed by atoms with Crippen molar-refractivity contribution in [1.82, 2.24) is 25.4 Å². The zero-order chi connectivity index (χ0) is 17.9. The molecule has 2 heterocycles. The van der Waals surface area contributed by atoms with Gasteiger partial charge in [-0.25, -0.2) is 4.79 Å². The molecule has 3 amide bonds. The third kappa shape index (κ3) is 4.45. The first-order valence-electron chi connectivity index (χ1n) is 8.88. The summed E-state index contributed by atoms with van der Waals surface area (Å²) in [5, 5.41) is 16.5. The van der Waals surface area contributed by atoms with E-state index < -0.39 is 6.03 Å². The normalized spacial score (nSPS) is 16.5. The molecule has 0 aliphatic heterocycles. The fourth-order valence-corrected chi connectivity index (χ4v) is 4.30. The molecule has 26 heavy (non-hydrogen) atoms. The van der Waals surface area contributed by atoms with E-state index in [2.05, 4.69) is 25.4 Å². The number of nitrogens with one attached hydrogen (secondary N) is 2. The van der Waals surface area contributed by atoms with Crippen LogP contribution in [0.5, 0.6) is 0 Å². The summed E-state index contributed by atoms with van der Waals surface area (Å²) >= 11 is 3.01. The van der Waals surface area contributed by atoms with Crippen LogP contribution in [0.3, 0.4) is 0 Å². The fraction of sp³-hybridized carbons (Fsp3) is 0.529. The predicted octanol–water partition coefficient (Wildman–Crippen LogP) is 2.71. The maximum absolute atomic E-state index is 12.0. The summed E-state index contributed by atoms with van der Waals surface area (Å²) < 4.78 is 2.21. The molecule has 0 atom stereocenters. The zero-order valence-corrected chi connectivity index (χ0v) is 15.9. The number of thioether (sulfide) groups is 1. The van der Waals surface area contributed by atoms with Crippen LogP contribution >= 0.6 is 23.1 Å². The molecule has 2 aromatic rings. The number of carbonyl (C=O) groups excluding carboxylic acids is 2. The Labute approximate surface area is 160 Å². The molecule has 0 aromatic carbocycles. The van der Waals surface area contributed by atoms with Gasteiger partial charge in [-0.05, 0) is 43.6 Å². The van der Waals surface area contributed by atoms with E-state index in [4.69, 9.17) is 0 Å². The molecule has 2 aliphatic rings. The minimum Gasteiger partial charge on any atom is -0.337 e. The van der Waals surface area contributed by atoms with Gasteiger partial charge in [-0.2, -0.15) is 0 Å². The lowest BCUT2D eigenvalue weighted by Gasteiger charge is -2.08. The van der Waals surface area contributed by atoms with Crippen LogP contribution < -0.4 is 10.6 Å². The van der Waals surface area contributed by atoms with Gasteiger partial charge in [-0.1, -0.05) is 17.8 Å².